The molecule has 15 heavy (non-hydrogen) atoms. The standard InChI is InChI=1S/C8H8O6S/c9-7-8(10,14-15(11,12)13-7)6-4-2-1-3-5-6/h1-5,7,9-10H. The minimum absolute atomic E-state index is 0.0959. The molecule has 1 aliphatic heterocycles. The molecule has 0 bridgehead atoms. The van der Waals surface area contributed by atoms with Gasteiger partial charge in [0.1, 0.15) is 0 Å². The lowest BCUT2D eigenvalue weighted by molar-refractivity contribution is -0.231. The Hall–Kier alpha value is -0.990. The van der Waals surface area contributed by atoms with Crippen LogP contribution in [0.25, 0.3) is 0 Å². The van der Waals surface area contributed by atoms with E-state index in [0.717, 1.165) is 0 Å². The van der Waals surface area contributed by atoms with Gasteiger partial charge >= 0.3 is 10.4 Å². The summed E-state index contributed by atoms with van der Waals surface area (Å²) in [4.78, 5) is 0. The molecule has 6 nitrogen and oxygen atoms in total. The molecule has 1 heterocycles. The van der Waals surface area contributed by atoms with Crippen molar-refractivity contribution in [2.45, 2.75) is 12.1 Å². The molecule has 1 aliphatic rings. The zero-order valence-electron chi connectivity index (χ0n) is 7.40. The van der Waals surface area contributed by atoms with Gasteiger partial charge in [0.05, 0.1) is 0 Å². The highest BCUT2D eigenvalue weighted by atomic mass is 32.3. The van der Waals surface area contributed by atoms with E-state index < -0.39 is 22.5 Å². The third-order valence-electron chi connectivity index (χ3n) is 1.96. The zero-order chi connectivity index (χ0) is 11.1. The van der Waals surface area contributed by atoms with Gasteiger partial charge in [-0.1, -0.05) is 30.3 Å². The van der Waals surface area contributed by atoms with Crippen LogP contribution >= 0.6 is 0 Å². The molecule has 1 saturated heterocycles. The Morgan fingerprint density at radius 2 is 1.87 bits per heavy atom. The monoisotopic (exact) mass is 232 g/mol. The summed E-state index contributed by atoms with van der Waals surface area (Å²) in [6.07, 6.45) is -1.97. The van der Waals surface area contributed by atoms with Crippen molar-refractivity contribution in [3.05, 3.63) is 35.9 Å². The van der Waals surface area contributed by atoms with E-state index in [1.54, 1.807) is 18.2 Å². The number of hydrogen-bond acceptors (Lipinski definition) is 6. The minimum Gasteiger partial charge on any atom is -0.362 e. The van der Waals surface area contributed by atoms with Crippen molar-refractivity contribution < 1.29 is 27.0 Å². The van der Waals surface area contributed by atoms with Crippen LogP contribution in [0.5, 0.6) is 0 Å². The lowest BCUT2D eigenvalue weighted by Crippen LogP contribution is -2.36. The second-order valence-corrected chi connectivity index (χ2v) is 4.18. The van der Waals surface area contributed by atoms with Crippen LogP contribution in [0, 0.1) is 0 Å². The van der Waals surface area contributed by atoms with Crippen molar-refractivity contribution in [2.75, 3.05) is 0 Å². The Bertz CT molecular complexity index is 455. The maximum Gasteiger partial charge on any atom is 0.405 e. The molecule has 7 heteroatoms. The van der Waals surface area contributed by atoms with E-state index in [4.69, 9.17) is 0 Å². The summed E-state index contributed by atoms with van der Waals surface area (Å²) in [5.74, 6) is -2.37. The Labute approximate surface area is 86.0 Å². The minimum atomic E-state index is -4.35. The topological polar surface area (TPSA) is 93.1 Å². The van der Waals surface area contributed by atoms with E-state index in [2.05, 4.69) is 8.37 Å². The summed E-state index contributed by atoms with van der Waals surface area (Å²) >= 11 is 0. The number of aliphatic hydroxyl groups is 2. The second-order valence-electron chi connectivity index (χ2n) is 3.00. The first-order valence-corrected chi connectivity index (χ1v) is 5.37. The lowest BCUT2D eigenvalue weighted by Gasteiger charge is -2.20. The van der Waals surface area contributed by atoms with E-state index >= 15 is 0 Å². The van der Waals surface area contributed by atoms with Gasteiger partial charge in [-0.25, -0.2) is 8.37 Å². The van der Waals surface area contributed by atoms with Crippen LogP contribution in [0.3, 0.4) is 0 Å². The van der Waals surface area contributed by atoms with Gasteiger partial charge in [0.25, 0.3) is 5.79 Å². The maximum atomic E-state index is 10.9. The van der Waals surface area contributed by atoms with Crippen LogP contribution in [0.4, 0.5) is 0 Å². The molecular weight excluding hydrogens is 224 g/mol. The van der Waals surface area contributed by atoms with Gasteiger partial charge in [-0.2, -0.15) is 8.42 Å². The molecule has 2 rings (SSSR count). The third-order valence-corrected chi connectivity index (χ3v) is 2.84. The van der Waals surface area contributed by atoms with Gasteiger partial charge in [-0.3, -0.25) is 0 Å². The molecule has 1 fully saturated rings. The largest absolute Gasteiger partial charge is 0.405 e. The predicted molar refractivity (Wildman–Crippen MR) is 47.4 cm³/mol. The van der Waals surface area contributed by atoms with Gasteiger partial charge in [0.2, 0.25) is 6.29 Å². The van der Waals surface area contributed by atoms with Gasteiger partial charge in [-0.15, -0.1) is 0 Å². The van der Waals surface area contributed by atoms with Crippen molar-refractivity contribution in [2.24, 2.45) is 0 Å². The first-order chi connectivity index (χ1) is 6.94. The molecule has 0 saturated carbocycles. The summed E-state index contributed by atoms with van der Waals surface area (Å²) in [7, 11) is -4.35. The van der Waals surface area contributed by atoms with Crippen LogP contribution < -0.4 is 0 Å². The van der Waals surface area contributed by atoms with E-state index in [-0.39, 0.29) is 5.56 Å². The molecule has 2 unspecified atom stereocenters. The van der Waals surface area contributed by atoms with Gasteiger partial charge in [0, 0.05) is 5.56 Å². The number of rotatable bonds is 1. The number of hydrogen-bond donors (Lipinski definition) is 2. The van der Waals surface area contributed by atoms with Crippen LogP contribution in [-0.2, 0) is 24.6 Å². The van der Waals surface area contributed by atoms with Crippen molar-refractivity contribution in [1.82, 2.24) is 0 Å². The highest BCUT2D eigenvalue weighted by Crippen LogP contribution is 2.36. The van der Waals surface area contributed by atoms with Gasteiger partial charge in [0.15, 0.2) is 0 Å². The summed E-state index contributed by atoms with van der Waals surface area (Å²) in [5.41, 5.74) is 0.0959. The maximum absolute atomic E-state index is 10.9. The molecule has 2 N–H and O–H groups in total. The Morgan fingerprint density at radius 3 is 2.33 bits per heavy atom. The lowest BCUT2D eigenvalue weighted by atomic mass is 10.1. The average molecular weight is 232 g/mol. The highest BCUT2D eigenvalue weighted by molar-refractivity contribution is 7.82. The van der Waals surface area contributed by atoms with Crippen molar-refractivity contribution in [3.8, 4) is 0 Å². The fraction of sp³-hybridized carbons (Fsp3) is 0.250. The Balaban J connectivity index is 2.45. The number of benzene rings is 1. The quantitative estimate of drug-likeness (QED) is 0.674. The second kappa shape index (κ2) is 3.26. The SMILES string of the molecule is O=S1(=O)OC(O)C(O)(c2ccccc2)O1. The molecule has 1 aromatic rings. The molecule has 0 aliphatic carbocycles. The van der Waals surface area contributed by atoms with E-state index in [1.165, 1.54) is 12.1 Å². The molecule has 2 atom stereocenters. The Kier molecular flexibility index (Phi) is 2.28. The first kappa shape index (κ1) is 10.5. The van der Waals surface area contributed by atoms with E-state index in [9.17, 15) is 18.6 Å². The van der Waals surface area contributed by atoms with Crippen molar-refractivity contribution in [3.63, 3.8) is 0 Å². The molecule has 0 amide bonds. The van der Waals surface area contributed by atoms with Crippen LogP contribution in [0.1, 0.15) is 5.56 Å². The average Bonchev–Trinajstić information content (AvgIpc) is 2.38. The van der Waals surface area contributed by atoms with Gasteiger partial charge in [-0.05, 0) is 0 Å². The van der Waals surface area contributed by atoms with E-state index in [1.807, 2.05) is 0 Å². The van der Waals surface area contributed by atoms with Crippen LogP contribution in [0.15, 0.2) is 30.3 Å². The summed E-state index contributed by atoms with van der Waals surface area (Å²) in [6.45, 7) is 0. The third kappa shape index (κ3) is 1.75. The number of aliphatic hydroxyl groups excluding tert-OH is 1. The highest BCUT2D eigenvalue weighted by Gasteiger charge is 2.53. The first-order valence-electron chi connectivity index (χ1n) is 4.04. The van der Waals surface area contributed by atoms with Crippen molar-refractivity contribution >= 4 is 10.4 Å². The van der Waals surface area contributed by atoms with E-state index in [0.29, 0.717) is 0 Å². The predicted octanol–water partition coefficient (Wildman–Crippen LogP) is -0.558. The molecular formula is C8H8O6S. The van der Waals surface area contributed by atoms with Crippen LogP contribution in [0.2, 0.25) is 0 Å². The summed E-state index contributed by atoms with van der Waals surface area (Å²) < 4.78 is 30.1. The molecule has 0 radical (unpaired) electrons. The normalized spacial score (nSPS) is 34.1. The summed E-state index contributed by atoms with van der Waals surface area (Å²) in [5, 5.41) is 19.1. The Morgan fingerprint density at radius 1 is 1.27 bits per heavy atom. The summed E-state index contributed by atoms with van der Waals surface area (Å²) in [6, 6.07) is 7.62. The zero-order valence-corrected chi connectivity index (χ0v) is 8.22. The molecule has 0 aromatic heterocycles. The van der Waals surface area contributed by atoms with Gasteiger partial charge < -0.3 is 10.2 Å². The fourth-order valence-electron chi connectivity index (χ4n) is 1.26. The smallest absolute Gasteiger partial charge is 0.362 e. The molecule has 1 aromatic carbocycles. The fourth-order valence-corrected chi connectivity index (χ4v) is 2.14. The molecule has 0 spiro atoms. The van der Waals surface area contributed by atoms with Crippen LogP contribution in [-0.4, -0.2) is 24.9 Å². The van der Waals surface area contributed by atoms with Crippen molar-refractivity contribution in [1.29, 1.82) is 0 Å². The molecule has 82 valence electrons.